The maximum atomic E-state index is 11.1. The van der Waals surface area contributed by atoms with Crippen LogP contribution in [0.4, 0.5) is 11.5 Å². The van der Waals surface area contributed by atoms with E-state index in [9.17, 15) is 4.79 Å². The molecule has 0 atom stereocenters. The summed E-state index contributed by atoms with van der Waals surface area (Å²) in [6.07, 6.45) is 3.93. The van der Waals surface area contributed by atoms with Crippen molar-refractivity contribution in [3.05, 3.63) is 29.3 Å². The molecule has 1 aromatic heterocycles. The maximum absolute atomic E-state index is 11.1. The van der Waals surface area contributed by atoms with E-state index in [4.69, 9.17) is 10.5 Å². The molecule has 16 heavy (non-hydrogen) atoms. The number of aromatic nitrogens is 2. The molecule has 0 saturated carbocycles. The Morgan fingerprint density at radius 3 is 3.19 bits per heavy atom. The Bertz CT molecular complexity index is 389. The number of nitrogen functional groups attached to an aromatic ring is 1. The molecule has 0 radical (unpaired) electrons. The molecule has 0 fully saturated rings. The van der Waals surface area contributed by atoms with Gasteiger partial charge in [0.2, 0.25) is 0 Å². The lowest BCUT2D eigenvalue weighted by molar-refractivity contribution is 0.149. The van der Waals surface area contributed by atoms with Crippen molar-refractivity contribution in [1.82, 2.24) is 9.97 Å². The molecule has 1 heterocycles. The summed E-state index contributed by atoms with van der Waals surface area (Å²) in [5.74, 6) is 0.385. The number of hydrogen-bond acceptors (Lipinski definition) is 5. The molecule has 6 nitrogen and oxygen atoms in total. The standard InChI is InChI=1S/C10H16N4O2/c1-2-3-5-16-6-4-12-9-8(11)10(15)14-7-13-9/h2,7H,1,3-6,11H2,(H2,12,13,14,15). The largest absolute Gasteiger partial charge is 0.391 e. The van der Waals surface area contributed by atoms with Crippen molar-refractivity contribution in [1.29, 1.82) is 0 Å². The van der Waals surface area contributed by atoms with Crippen molar-refractivity contribution >= 4 is 11.5 Å². The molecule has 0 saturated heterocycles. The number of nitrogens with zero attached hydrogens (tertiary/aromatic N) is 1. The van der Waals surface area contributed by atoms with Crippen LogP contribution in [0, 0.1) is 0 Å². The molecule has 0 aliphatic heterocycles. The van der Waals surface area contributed by atoms with Gasteiger partial charge in [0.1, 0.15) is 5.69 Å². The molecule has 88 valence electrons. The van der Waals surface area contributed by atoms with Gasteiger partial charge >= 0.3 is 0 Å². The molecule has 0 bridgehead atoms. The second-order valence-electron chi connectivity index (χ2n) is 3.11. The van der Waals surface area contributed by atoms with Crippen LogP contribution in [-0.4, -0.2) is 29.7 Å². The van der Waals surface area contributed by atoms with Crippen LogP contribution in [0.15, 0.2) is 23.8 Å². The smallest absolute Gasteiger partial charge is 0.276 e. The van der Waals surface area contributed by atoms with E-state index >= 15 is 0 Å². The topological polar surface area (TPSA) is 93.0 Å². The zero-order valence-electron chi connectivity index (χ0n) is 9.03. The highest BCUT2D eigenvalue weighted by Crippen LogP contribution is 2.05. The number of H-pyrrole nitrogens is 1. The fourth-order valence-electron chi connectivity index (χ4n) is 1.06. The summed E-state index contributed by atoms with van der Waals surface area (Å²) in [5.41, 5.74) is 5.27. The number of ether oxygens (including phenoxy) is 1. The third-order valence-electron chi connectivity index (χ3n) is 1.89. The molecule has 1 aromatic rings. The molecule has 1 rings (SSSR count). The van der Waals surface area contributed by atoms with E-state index in [-0.39, 0.29) is 11.2 Å². The van der Waals surface area contributed by atoms with Gasteiger partial charge < -0.3 is 20.8 Å². The summed E-state index contributed by atoms with van der Waals surface area (Å²) in [4.78, 5) is 17.4. The van der Waals surface area contributed by atoms with E-state index in [1.54, 1.807) is 6.08 Å². The first-order chi connectivity index (χ1) is 7.75. The Labute approximate surface area is 93.5 Å². The van der Waals surface area contributed by atoms with Gasteiger partial charge in [-0.15, -0.1) is 6.58 Å². The molecular weight excluding hydrogens is 208 g/mol. The fraction of sp³-hybridized carbons (Fsp3) is 0.400. The first kappa shape index (κ1) is 12.3. The molecular formula is C10H16N4O2. The summed E-state index contributed by atoms with van der Waals surface area (Å²) in [6.45, 7) is 5.31. The van der Waals surface area contributed by atoms with Crippen molar-refractivity contribution in [3.63, 3.8) is 0 Å². The van der Waals surface area contributed by atoms with Gasteiger partial charge in [0.25, 0.3) is 5.56 Å². The first-order valence-corrected chi connectivity index (χ1v) is 5.01. The molecule has 0 aromatic carbocycles. The van der Waals surface area contributed by atoms with E-state index < -0.39 is 0 Å². The van der Waals surface area contributed by atoms with Gasteiger partial charge in [0.15, 0.2) is 5.82 Å². The number of aromatic amines is 1. The van der Waals surface area contributed by atoms with E-state index in [1.165, 1.54) is 6.33 Å². The summed E-state index contributed by atoms with van der Waals surface area (Å²) in [6, 6.07) is 0. The number of rotatable bonds is 7. The van der Waals surface area contributed by atoms with Crippen LogP contribution < -0.4 is 16.6 Å². The Hall–Kier alpha value is -1.82. The molecule has 0 unspecified atom stereocenters. The molecule has 0 aliphatic rings. The van der Waals surface area contributed by atoms with Crippen LogP contribution in [0.3, 0.4) is 0 Å². The third kappa shape index (κ3) is 3.74. The molecule has 6 heteroatoms. The van der Waals surface area contributed by atoms with E-state index in [2.05, 4.69) is 21.9 Å². The molecule has 0 amide bonds. The van der Waals surface area contributed by atoms with Gasteiger partial charge in [-0.2, -0.15) is 0 Å². The summed E-state index contributed by atoms with van der Waals surface area (Å²) < 4.78 is 5.28. The average molecular weight is 224 g/mol. The van der Waals surface area contributed by atoms with Gasteiger partial charge in [-0.05, 0) is 6.42 Å². The van der Waals surface area contributed by atoms with Crippen LogP contribution in [-0.2, 0) is 4.74 Å². The van der Waals surface area contributed by atoms with E-state index in [0.717, 1.165) is 6.42 Å². The van der Waals surface area contributed by atoms with Crippen LogP contribution in [0.5, 0.6) is 0 Å². The minimum Gasteiger partial charge on any atom is -0.391 e. The fourth-order valence-corrected chi connectivity index (χ4v) is 1.06. The lowest BCUT2D eigenvalue weighted by Gasteiger charge is -2.07. The second-order valence-corrected chi connectivity index (χ2v) is 3.11. The quantitative estimate of drug-likeness (QED) is 0.459. The van der Waals surface area contributed by atoms with Crippen molar-refractivity contribution in [2.45, 2.75) is 6.42 Å². The van der Waals surface area contributed by atoms with Crippen LogP contribution in [0.1, 0.15) is 6.42 Å². The van der Waals surface area contributed by atoms with Crippen LogP contribution in [0.25, 0.3) is 0 Å². The molecule has 0 aliphatic carbocycles. The van der Waals surface area contributed by atoms with Gasteiger partial charge in [0.05, 0.1) is 19.5 Å². The number of anilines is 2. The van der Waals surface area contributed by atoms with Gasteiger partial charge in [-0.1, -0.05) is 6.08 Å². The summed E-state index contributed by atoms with van der Waals surface area (Å²) >= 11 is 0. The highest BCUT2D eigenvalue weighted by Gasteiger charge is 2.02. The lowest BCUT2D eigenvalue weighted by Crippen LogP contribution is -2.18. The zero-order valence-corrected chi connectivity index (χ0v) is 9.03. The van der Waals surface area contributed by atoms with E-state index in [1.807, 2.05) is 0 Å². The highest BCUT2D eigenvalue weighted by atomic mass is 16.5. The Kier molecular flexibility index (Phi) is 5.07. The Morgan fingerprint density at radius 1 is 1.62 bits per heavy atom. The van der Waals surface area contributed by atoms with Gasteiger partial charge in [0, 0.05) is 6.54 Å². The predicted octanol–water partition coefficient (Wildman–Crippen LogP) is 0.357. The van der Waals surface area contributed by atoms with Crippen molar-refractivity contribution in [2.24, 2.45) is 0 Å². The average Bonchev–Trinajstić information content (AvgIpc) is 2.29. The van der Waals surface area contributed by atoms with Crippen LogP contribution >= 0.6 is 0 Å². The van der Waals surface area contributed by atoms with Crippen molar-refractivity contribution < 1.29 is 4.74 Å². The number of nitrogens with one attached hydrogen (secondary N) is 2. The Balaban J connectivity index is 2.29. The zero-order chi connectivity index (χ0) is 11.8. The maximum Gasteiger partial charge on any atom is 0.276 e. The van der Waals surface area contributed by atoms with Gasteiger partial charge in [-0.3, -0.25) is 4.79 Å². The Morgan fingerprint density at radius 2 is 2.44 bits per heavy atom. The highest BCUT2D eigenvalue weighted by molar-refractivity contribution is 5.58. The normalized spacial score (nSPS) is 10.0. The second kappa shape index (κ2) is 6.62. The third-order valence-corrected chi connectivity index (χ3v) is 1.89. The van der Waals surface area contributed by atoms with Crippen molar-refractivity contribution in [2.75, 3.05) is 30.8 Å². The van der Waals surface area contributed by atoms with E-state index in [0.29, 0.717) is 25.6 Å². The molecule has 4 N–H and O–H groups in total. The number of nitrogens with two attached hydrogens (primary N) is 1. The number of hydrogen-bond donors (Lipinski definition) is 3. The van der Waals surface area contributed by atoms with Gasteiger partial charge in [-0.25, -0.2) is 4.98 Å². The first-order valence-electron chi connectivity index (χ1n) is 5.01. The predicted molar refractivity (Wildman–Crippen MR) is 63.4 cm³/mol. The lowest BCUT2D eigenvalue weighted by atomic mass is 10.4. The monoisotopic (exact) mass is 224 g/mol. The van der Waals surface area contributed by atoms with Crippen molar-refractivity contribution in [3.8, 4) is 0 Å². The summed E-state index contributed by atoms with van der Waals surface area (Å²) in [5, 5.41) is 2.92. The van der Waals surface area contributed by atoms with Crippen LogP contribution in [0.2, 0.25) is 0 Å². The summed E-state index contributed by atoms with van der Waals surface area (Å²) in [7, 11) is 0. The molecule has 0 spiro atoms. The minimum atomic E-state index is -0.343. The SMILES string of the molecule is C=CCCOCCNc1nc[nH]c(=O)c1N. The minimum absolute atomic E-state index is 0.0913.